The van der Waals surface area contributed by atoms with Crippen molar-refractivity contribution < 1.29 is 14.3 Å². The van der Waals surface area contributed by atoms with Crippen molar-refractivity contribution in [3.63, 3.8) is 0 Å². The predicted molar refractivity (Wildman–Crippen MR) is 101 cm³/mol. The molecule has 0 bridgehead atoms. The average molecular weight is 335 g/mol. The third kappa shape index (κ3) is 4.10. The Morgan fingerprint density at radius 1 is 0.880 bits per heavy atom. The maximum atomic E-state index is 12.1. The van der Waals surface area contributed by atoms with Crippen molar-refractivity contribution in [3.05, 3.63) is 65.7 Å². The van der Waals surface area contributed by atoms with Gasteiger partial charge in [-0.25, -0.2) is 0 Å². The van der Waals surface area contributed by atoms with E-state index < -0.39 is 0 Å². The Labute approximate surface area is 147 Å². The van der Waals surface area contributed by atoms with Gasteiger partial charge in [0.1, 0.15) is 11.5 Å². The molecule has 0 heterocycles. The standard InChI is InChI=1S/C21H21NO3/c1-14-4-7-18(10-15(14)2)22-21(23)13-25-20-9-6-16-5-8-19(24-3)11-17(16)12-20/h4-12H,13H2,1-3H3,(H,22,23). The molecule has 0 atom stereocenters. The highest BCUT2D eigenvalue weighted by atomic mass is 16.5. The average Bonchev–Trinajstić information content (AvgIpc) is 2.62. The first-order valence-corrected chi connectivity index (χ1v) is 8.13. The van der Waals surface area contributed by atoms with E-state index in [2.05, 4.69) is 5.32 Å². The van der Waals surface area contributed by atoms with E-state index >= 15 is 0 Å². The molecule has 1 N–H and O–H groups in total. The van der Waals surface area contributed by atoms with Crippen LogP contribution in [0.4, 0.5) is 5.69 Å². The van der Waals surface area contributed by atoms with Crippen LogP contribution in [0, 0.1) is 13.8 Å². The second-order valence-electron chi connectivity index (χ2n) is 6.01. The first kappa shape index (κ1) is 16.8. The third-order valence-corrected chi connectivity index (χ3v) is 4.18. The number of amides is 1. The lowest BCUT2D eigenvalue weighted by Gasteiger charge is -2.10. The van der Waals surface area contributed by atoms with Gasteiger partial charge < -0.3 is 14.8 Å². The van der Waals surface area contributed by atoms with Crippen LogP contribution in [0.25, 0.3) is 10.8 Å². The van der Waals surface area contributed by atoms with Gasteiger partial charge in [0.25, 0.3) is 5.91 Å². The van der Waals surface area contributed by atoms with E-state index in [1.165, 1.54) is 5.56 Å². The molecule has 4 nitrogen and oxygen atoms in total. The van der Waals surface area contributed by atoms with Crippen LogP contribution < -0.4 is 14.8 Å². The summed E-state index contributed by atoms with van der Waals surface area (Å²) in [5, 5.41) is 4.95. The molecule has 0 aromatic heterocycles. The van der Waals surface area contributed by atoms with Crippen LogP contribution in [0.3, 0.4) is 0 Å². The molecular formula is C21H21NO3. The first-order valence-electron chi connectivity index (χ1n) is 8.13. The Kier molecular flexibility index (Phi) is 4.89. The number of carbonyl (C=O) groups excluding carboxylic acids is 1. The van der Waals surface area contributed by atoms with Crippen molar-refractivity contribution >= 4 is 22.4 Å². The molecule has 3 aromatic rings. The van der Waals surface area contributed by atoms with Gasteiger partial charge in [-0.3, -0.25) is 4.79 Å². The normalized spacial score (nSPS) is 10.5. The fourth-order valence-corrected chi connectivity index (χ4v) is 2.58. The molecule has 3 rings (SSSR count). The smallest absolute Gasteiger partial charge is 0.262 e. The summed E-state index contributed by atoms with van der Waals surface area (Å²) >= 11 is 0. The number of rotatable bonds is 5. The van der Waals surface area contributed by atoms with Crippen LogP contribution in [0.15, 0.2) is 54.6 Å². The Bertz CT molecular complexity index is 918. The van der Waals surface area contributed by atoms with E-state index in [4.69, 9.17) is 9.47 Å². The predicted octanol–water partition coefficient (Wildman–Crippen LogP) is 4.48. The molecule has 25 heavy (non-hydrogen) atoms. The Balaban J connectivity index is 1.65. The highest BCUT2D eigenvalue weighted by Gasteiger charge is 2.06. The second kappa shape index (κ2) is 7.26. The van der Waals surface area contributed by atoms with Gasteiger partial charge in [0.05, 0.1) is 7.11 Å². The fraction of sp³-hybridized carbons (Fsp3) is 0.190. The molecular weight excluding hydrogens is 314 g/mol. The zero-order valence-corrected chi connectivity index (χ0v) is 14.6. The van der Waals surface area contributed by atoms with Crippen LogP contribution in [-0.2, 0) is 4.79 Å². The van der Waals surface area contributed by atoms with E-state index in [9.17, 15) is 4.79 Å². The molecule has 3 aromatic carbocycles. The summed E-state index contributed by atoms with van der Waals surface area (Å²) < 4.78 is 10.9. The number of hydrogen-bond acceptors (Lipinski definition) is 3. The minimum Gasteiger partial charge on any atom is -0.497 e. The number of nitrogens with one attached hydrogen (secondary N) is 1. The molecule has 0 unspecified atom stereocenters. The number of methoxy groups -OCH3 is 1. The van der Waals surface area contributed by atoms with Crippen LogP contribution >= 0.6 is 0 Å². The summed E-state index contributed by atoms with van der Waals surface area (Å²) in [6.45, 7) is 4.02. The number of ether oxygens (including phenoxy) is 2. The van der Waals surface area contributed by atoms with Crippen LogP contribution in [0.1, 0.15) is 11.1 Å². The van der Waals surface area contributed by atoms with Crippen molar-refractivity contribution in [1.29, 1.82) is 0 Å². The lowest BCUT2D eigenvalue weighted by Crippen LogP contribution is -2.20. The number of benzene rings is 3. The first-order chi connectivity index (χ1) is 12.0. The van der Waals surface area contributed by atoms with Crippen molar-refractivity contribution in [3.8, 4) is 11.5 Å². The zero-order valence-electron chi connectivity index (χ0n) is 14.6. The van der Waals surface area contributed by atoms with Gasteiger partial charge in [-0.15, -0.1) is 0 Å². The van der Waals surface area contributed by atoms with Crippen LogP contribution in [-0.4, -0.2) is 19.6 Å². The van der Waals surface area contributed by atoms with Gasteiger partial charge in [-0.2, -0.15) is 0 Å². The molecule has 1 amide bonds. The molecule has 0 aliphatic heterocycles. The minimum absolute atomic E-state index is 0.0393. The topological polar surface area (TPSA) is 47.6 Å². The van der Waals surface area contributed by atoms with E-state index in [0.29, 0.717) is 5.75 Å². The summed E-state index contributed by atoms with van der Waals surface area (Å²) in [6.07, 6.45) is 0. The summed E-state index contributed by atoms with van der Waals surface area (Å²) in [7, 11) is 1.64. The monoisotopic (exact) mass is 335 g/mol. The van der Waals surface area contributed by atoms with Gasteiger partial charge in [0.15, 0.2) is 6.61 Å². The Morgan fingerprint density at radius 3 is 2.32 bits per heavy atom. The molecule has 0 spiro atoms. The maximum Gasteiger partial charge on any atom is 0.262 e. The summed E-state index contributed by atoms with van der Waals surface area (Å²) in [6, 6.07) is 17.4. The van der Waals surface area contributed by atoms with Gasteiger partial charge in [0.2, 0.25) is 0 Å². The van der Waals surface area contributed by atoms with E-state index in [1.54, 1.807) is 7.11 Å². The number of anilines is 1. The summed E-state index contributed by atoms with van der Waals surface area (Å²) in [4.78, 5) is 12.1. The van der Waals surface area contributed by atoms with E-state index in [1.807, 2.05) is 68.4 Å². The lowest BCUT2D eigenvalue weighted by atomic mass is 10.1. The largest absolute Gasteiger partial charge is 0.497 e. The van der Waals surface area contributed by atoms with Gasteiger partial charge in [-0.1, -0.05) is 18.2 Å². The highest BCUT2D eigenvalue weighted by Crippen LogP contribution is 2.25. The lowest BCUT2D eigenvalue weighted by molar-refractivity contribution is -0.118. The number of aryl methyl sites for hydroxylation is 2. The molecule has 4 heteroatoms. The van der Waals surface area contributed by atoms with Gasteiger partial charge >= 0.3 is 0 Å². The number of fused-ring (bicyclic) bond motifs is 1. The van der Waals surface area contributed by atoms with Crippen LogP contribution in [0.5, 0.6) is 11.5 Å². The van der Waals surface area contributed by atoms with Crippen molar-refractivity contribution in [2.75, 3.05) is 19.0 Å². The van der Waals surface area contributed by atoms with E-state index in [-0.39, 0.29) is 12.5 Å². The quantitative estimate of drug-likeness (QED) is 0.748. The third-order valence-electron chi connectivity index (χ3n) is 4.18. The SMILES string of the molecule is COc1ccc2ccc(OCC(=O)Nc3ccc(C)c(C)c3)cc2c1. The molecule has 0 saturated carbocycles. The summed E-state index contributed by atoms with van der Waals surface area (Å²) in [5.41, 5.74) is 3.11. The Hall–Kier alpha value is -3.01. The molecule has 0 fully saturated rings. The number of carbonyl (C=O) groups is 1. The minimum atomic E-state index is -0.186. The zero-order chi connectivity index (χ0) is 17.8. The van der Waals surface area contributed by atoms with Crippen molar-refractivity contribution in [2.24, 2.45) is 0 Å². The van der Waals surface area contributed by atoms with Crippen molar-refractivity contribution in [2.45, 2.75) is 13.8 Å². The fourth-order valence-electron chi connectivity index (χ4n) is 2.58. The maximum absolute atomic E-state index is 12.1. The second-order valence-corrected chi connectivity index (χ2v) is 6.01. The summed E-state index contributed by atoms with van der Waals surface area (Å²) in [5.74, 6) is 1.25. The number of hydrogen-bond donors (Lipinski definition) is 1. The van der Waals surface area contributed by atoms with Gasteiger partial charge in [0, 0.05) is 5.69 Å². The molecule has 0 radical (unpaired) electrons. The van der Waals surface area contributed by atoms with Crippen LogP contribution in [0.2, 0.25) is 0 Å². The molecule has 0 aliphatic rings. The highest BCUT2D eigenvalue weighted by molar-refractivity contribution is 5.92. The molecule has 128 valence electrons. The van der Waals surface area contributed by atoms with Crippen molar-refractivity contribution in [1.82, 2.24) is 0 Å². The van der Waals surface area contributed by atoms with Gasteiger partial charge in [-0.05, 0) is 72.1 Å². The molecule has 0 saturated heterocycles. The Morgan fingerprint density at radius 2 is 1.60 bits per heavy atom. The molecule has 0 aliphatic carbocycles. The van der Waals surface area contributed by atoms with E-state index in [0.717, 1.165) is 27.8 Å².